The van der Waals surface area contributed by atoms with Crippen LogP contribution in [-0.2, 0) is 18.5 Å². The Morgan fingerprint density at radius 2 is 1.85 bits per heavy atom. The van der Waals surface area contributed by atoms with Crippen LogP contribution >= 0.6 is 10.7 Å². The molecule has 0 radical (unpaired) electrons. The molecule has 1 amide bonds. The molecule has 0 unspecified atom stereocenters. The lowest BCUT2D eigenvalue weighted by Gasteiger charge is -2.06. The zero-order valence-electron chi connectivity index (χ0n) is 11.0. The van der Waals surface area contributed by atoms with Crippen molar-refractivity contribution in [1.82, 2.24) is 5.32 Å². The van der Waals surface area contributed by atoms with Gasteiger partial charge < -0.3 is 14.8 Å². The number of nitrogens with one attached hydrogen (secondary N) is 1. The average Bonchev–Trinajstić information content (AvgIpc) is 2.41. The van der Waals surface area contributed by atoms with Crippen LogP contribution in [0.25, 0.3) is 0 Å². The average molecular weight is 322 g/mol. The number of carbonyl (C=O) groups is 1. The first-order valence-corrected chi connectivity index (χ1v) is 8.15. The van der Waals surface area contributed by atoms with Gasteiger partial charge in [-0.05, 0) is 24.3 Å². The van der Waals surface area contributed by atoms with E-state index < -0.39 is 9.05 Å². The van der Waals surface area contributed by atoms with E-state index in [1.54, 1.807) is 7.11 Å². The monoisotopic (exact) mass is 321 g/mol. The van der Waals surface area contributed by atoms with E-state index in [1.165, 1.54) is 24.3 Å². The molecule has 0 aromatic heterocycles. The van der Waals surface area contributed by atoms with E-state index >= 15 is 0 Å². The summed E-state index contributed by atoms with van der Waals surface area (Å²) in [6.45, 7) is 1.71. The quantitative estimate of drug-likeness (QED) is 0.571. The van der Waals surface area contributed by atoms with Gasteiger partial charge in [0.1, 0.15) is 0 Å². The van der Waals surface area contributed by atoms with Gasteiger partial charge in [0, 0.05) is 29.9 Å². The van der Waals surface area contributed by atoms with Crippen molar-refractivity contribution in [3.8, 4) is 0 Å². The van der Waals surface area contributed by atoms with Gasteiger partial charge in [0.05, 0.1) is 24.7 Å². The van der Waals surface area contributed by atoms with E-state index in [2.05, 4.69) is 5.32 Å². The summed E-state index contributed by atoms with van der Waals surface area (Å²) in [5, 5.41) is 2.65. The maximum atomic E-state index is 11.7. The van der Waals surface area contributed by atoms with Crippen molar-refractivity contribution in [1.29, 1.82) is 0 Å². The fourth-order valence-corrected chi connectivity index (χ4v) is 2.12. The lowest BCUT2D eigenvalue weighted by Crippen LogP contribution is -2.27. The Hall–Kier alpha value is -1.15. The van der Waals surface area contributed by atoms with Crippen molar-refractivity contribution < 1.29 is 22.7 Å². The van der Waals surface area contributed by atoms with Gasteiger partial charge in [0.15, 0.2) is 0 Å². The highest BCUT2D eigenvalue weighted by atomic mass is 35.7. The van der Waals surface area contributed by atoms with Crippen LogP contribution in [0, 0.1) is 0 Å². The molecule has 0 aliphatic heterocycles. The Labute approximate surface area is 122 Å². The molecule has 8 heteroatoms. The molecule has 0 fully saturated rings. The summed E-state index contributed by atoms with van der Waals surface area (Å²) < 4.78 is 32.1. The van der Waals surface area contributed by atoms with Crippen molar-refractivity contribution in [2.45, 2.75) is 4.90 Å². The number of ether oxygens (including phenoxy) is 2. The van der Waals surface area contributed by atoms with Crippen molar-refractivity contribution >= 4 is 25.6 Å². The molecular formula is C12H16ClNO5S. The summed E-state index contributed by atoms with van der Waals surface area (Å²) in [6.07, 6.45) is 0. The molecule has 0 aliphatic carbocycles. The normalized spacial score (nSPS) is 11.3. The molecule has 0 heterocycles. The van der Waals surface area contributed by atoms with Gasteiger partial charge in [0.25, 0.3) is 15.0 Å². The number of benzene rings is 1. The Balaban J connectivity index is 2.40. The third kappa shape index (κ3) is 5.87. The minimum absolute atomic E-state index is 0.0429. The highest BCUT2D eigenvalue weighted by molar-refractivity contribution is 8.13. The topological polar surface area (TPSA) is 81.7 Å². The van der Waals surface area contributed by atoms with E-state index in [9.17, 15) is 13.2 Å². The number of rotatable bonds is 8. The van der Waals surface area contributed by atoms with Crippen LogP contribution < -0.4 is 5.32 Å². The summed E-state index contributed by atoms with van der Waals surface area (Å²) in [7, 11) is 2.99. The highest BCUT2D eigenvalue weighted by Crippen LogP contribution is 2.15. The van der Waals surface area contributed by atoms with E-state index in [0.29, 0.717) is 31.9 Å². The minimum Gasteiger partial charge on any atom is -0.382 e. The van der Waals surface area contributed by atoms with Gasteiger partial charge in [-0.3, -0.25) is 4.79 Å². The number of halogens is 1. The summed E-state index contributed by atoms with van der Waals surface area (Å²) in [6, 6.07) is 5.37. The van der Waals surface area contributed by atoms with E-state index in [-0.39, 0.29) is 10.8 Å². The second-order valence-corrected chi connectivity index (χ2v) is 6.39. The number of methoxy groups -OCH3 is 1. The zero-order valence-corrected chi connectivity index (χ0v) is 12.5. The fourth-order valence-electron chi connectivity index (χ4n) is 1.35. The zero-order chi connectivity index (χ0) is 15.0. The Morgan fingerprint density at radius 1 is 1.20 bits per heavy atom. The molecular weight excluding hydrogens is 306 g/mol. The molecule has 112 valence electrons. The lowest BCUT2D eigenvalue weighted by molar-refractivity contribution is 0.0692. The van der Waals surface area contributed by atoms with Gasteiger partial charge in [0.2, 0.25) is 0 Å². The highest BCUT2D eigenvalue weighted by Gasteiger charge is 2.11. The van der Waals surface area contributed by atoms with Crippen molar-refractivity contribution in [3.63, 3.8) is 0 Å². The smallest absolute Gasteiger partial charge is 0.261 e. The van der Waals surface area contributed by atoms with Crippen LogP contribution in [0.3, 0.4) is 0 Å². The predicted octanol–water partition coefficient (Wildman–Crippen LogP) is 1.01. The van der Waals surface area contributed by atoms with Crippen LogP contribution in [0.15, 0.2) is 29.2 Å². The first kappa shape index (κ1) is 16.9. The number of hydrogen-bond acceptors (Lipinski definition) is 5. The molecule has 6 nitrogen and oxygen atoms in total. The number of hydrogen-bond donors (Lipinski definition) is 1. The molecule has 0 bridgehead atoms. The maximum absolute atomic E-state index is 11.7. The minimum atomic E-state index is -3.77. The second-order valence-electron chi connectivity index (χ2n) is 3.82. The molecule has 1 rings (SSSR count). The fraction of sp³-hybridized carbons (Fsp3) is 0.417. The first-order chi connectivity index (χ1) is 9.45. The maximum Gasteiger partial charge on any atom is 0.261 e. The number of amides is 1. The standard InChI is InChI=1S/C12H16ClNO5S/c1-18-8-9-19-7-6-14-12(15)10-2-4-11(5-3-10)20(13,16)17/h2-5H,6-9H2,1H3,(H,14,15). The molecule has 1 aromatic carbocycles. The summed E-state index contributed by atoms with van der Waals surface area (Å²) in [5.41, 5.74) is 0.353. The van der Waals surface area contributed by atoms with Crippen molar-refractivity contribution in [3.05, 3.63) is 29.8 Å². The Bertz CT molecular complexity index is 529. The van der Waals surface area contributed by atoms with Gasteiger partial charge in [-0.25, -0.2) is 8.42 Å². The van der Waals surface area contributed by atoms with Gasteiger partial charge in [-0.1, -0.05) is 0 Å². The molecule has 0 saturated carbocycles. The van der Waals surface area contributed by atoms with Crippen molar-refractivity contribution in [2.75, 3.05) is 33.5 Å². The molecule has 0 saturated heterocycles. The second kappa shape index (κ2) is 8.21. The molecule has 0 aliphatic rings. The first-order valence-electron chi connectivity index (χ1n) is 5.85. The van der Waals surface area contributed by atoms with E-state index in [1.807, 2.05) is 0 Å². The van der Waals surface area contributed by atoms with Gasteiger partial charge in [-0.2, -0.15) is 0 Å². The predicted molar refractivity (Wildman–Crippen MR) is 74.5 cm³/mol. The van der Waals surface area contributed by atoms with Crippen LogP contribution in [0.1, 0.15) is 10.4 Å². The van der Waals surface area contributed by atoms with E-state index in [0.717, 1.165) is 0 Å². The lowest BCUT2D eigenvalue weighted by atomic mass is 10.2. The third-order valence-corrected chi connectivity index (χ3v) is 3.73. The van der Waals surface area contributed by atoms with E-state index in [4.69, 9.17) is 20.2 Å². The molecule has 1 N–H and O–H groups in total. The van der Waals surface area contributed by atoms with Crippen LogP contribution in [0.2, 0.25) is 0 Å². The summed E-state index contributed by atoms with van der Waals surface area (Å²) >= 11 is 0. The molecule has 0 atom stereocenters. The summed E-state index contributed by atoms with van der Waals surface area (Å²) in [4.78, 5) is 11.7. The molecule has 0 spiro atoms. The number of carbonyl (C=O) groups excluding carboxylic acids is 1. The molecule has 20 heavy (non-hydrogen) atoms. The molecule has 1 aromatic rings. The third-order valence-electron chi connectivity index (χ3n) is 2.36. The van der Waals surface area contributed by atoms with Crippen LogP contribution in [-0.4, -0.2) is 47.8 Å². The van der Waals surface area contributed by atoms with Crippen LogP contribution in [0.5, 0.6) is 0 Å². The Kier molecular flexibility index (Phi) is 6.94. The van der Waals surface area contributed by atoms with Crippen molar-refractivity contribution in [2.24, 2.45) is 0 Å². The van der Waals surface area contributed by atoms with Gasteiger partial charge >= 0.3 is 0 Å². The SMILES string of the molecule is COCCOCCNC(=O)c1ccc(S(=O)(=O)Cl)cc1. The van der Waals surface area contributed by atoms with Gasteiger partial charge in [-0.15, -0.1) is 0 Å². The largest absolute Gasteiger partial charge is 0.382 e. The Morgan fingerprint density at radius 3 is 2.40 bits per heavy atom. The summed E-state index contributed by atoms with van der Waals surface area (Å²) in [5.74, 6) is -0.307. The van der Waals surface area contributed by atoms with Crippen LogP contribution in [0.4, 0.5) is 0 Å².